The van der Waals surface area contributed by atoms with Crippen LogP contribution in [0.4, 0.5) is 0 Å². The number of halogens is 1. The molecule has 0 bridgehead atoms. The topological polar surface area (TPSA) is 79.7 Å². The van der Waals surface area contributed by atoms with Crippen LogP contribution in [0.2, 0.25) is 0 Å². The zero-order valence-corrected chi connectivity index (χ0v) is 20.5. The summed E-state index contributed by atoms with van der Waals surface area (Å²) in [5.74, 6) is -0.536. The van der Waals surface area contributed by atoms with E-state index < -0.39 is 17.7 Å². The molecule has 34 heavy (non-hydrogen) atoms. The molecule has 7 heteroatoms. The van der Waals surface area contributed by atoms with Gasteiger partial charge >= 0.3 is 0 Å². The van der Waals surface area contributed by atoms with Crippen LogP contribution in [-0.2, 0) is 16.1 Å². The number of carbonyl (C=O) groups excluding carboxylic acids is 2. The summed E-state index contributed by atoms with van der Waals surface area (Å²) in [5.41, 5.74) is 2.01. The first kappa shape index (κ1) is 23.7. The number of carbonyl (C=O) groups is 2. The van der Waals surface area contributed by atoms with Gasteiger partial charge in [0.15, 0.2) is 0 Å². The minimum absolute atomic E-state index is 0.0582. The molecule has 0 spiro atoms. The molecule has 4 rings (SSSR count). The Hall–Kier alpha value is -3.45. The molecule has 1 fully saturated rings. The third-order valence-corrected chi connectivity index (χ3v) is 5.98. The van der Waals surface area contributed by atoms with Gasteiger partial charge in [-0.2, -0.15) is 0 Å². The number of Topliss-reactive ketones (excluding diaryl/α,β-unsaturated/α-hetero) is 1. The summed E-state index contributed by atoms with van der Waals surface area (Å²) in [6.45, 7) is 4.89. The number of aliphatic hydroxyl groups is 1. The van der Waals surface area contributed by atoms with E-state index in [1.807, 2.05) is 30.3 Å². The fourth-order valence-corrected chi connectivity index (χ4v) is 4.30. The second-order valence-electron chi connectivity index (χ2n) is 8.57. The van der Waals surface area contributed by atoms with E-state index in [4.69, 9.17) is 4.74 Å². The summed E-state index contributed by atoms with van der Waals surface area (Å²) in [6, 6.07) is 17.2. The minimum atomic E-state index is -0.741. The molecule has 2 aromatic carbocycles. The van der Waals surface area contributed by atoms with Crippen molar-refractivity contribution in [1.82, 2.24) is 9.88 Å². The van der Waals surface area contributed by atoms with E-state index in [0.717, 1.165) is 15.6 Å². The van der Waals surface area contributed by atoms with Crippen LogP contribution in [0.15, 0.2) is 83.1 Å². The number of nitrogens with zero attached hydrogens (tertiary/aromatic N) is 2. The fourth-order valence-electron chi connectivity index (χ4n) is 3.88. The normalized spacial score (nSPS) is 17.4. The minimum Gasteiger partial charge on any atom is -0.507 e. The van der Waals surface area contributed by atoms with Gasteiger partial charge in [0.1, 0.15) is 11.5 Å². The molecule has 1 atom stereocenters. The highest BCUT2D eigenvalue weighted by Gasteiger charge is 2.46. The van der Waals surface area contributed by atoms with Gasteiger partial charge in [-0.25, -0.2) is 0 Å². The largest absolute Gasteiger partial charge is 0.507 e. The Labute approximate surface area is 207 Å². The lowest BCUT2D eigenvalue weighted by Gasteiger charge is -2.25. The Balaban J connectivity index is 1.76. The van der Waals surface area contributed by atoms with Crippen molar-refractivity contribution >= 4 is 33.4 Å². The Morgan fingerprint density at radius 1 is 1.12 bits per heavy atom. The molecule has 174 valence electrons. The van der Waals surface area contributed by atoms with E-state index in [1.165, 1.54) is 4.90 Å². The van der Waals surface area contributed by atoms with Crippen LogP contribution in [0.3, 0.4) is 0 Å². The van der Waals surface area contributed by atoms with Gasteiger partial charge < -0.3 is 14.7 Å². The Morgan fingerprint density at radius 2 is 1.88 bits per heavy atom. The maximum Gasteiger partial charge on any atom is 0.295 e. The molecule has 1 saturated heterocycles. The van der Waals surface area contributed by atoms with Crippen LogP contribution >= 0.6 is 15.9 Å². The maximum atomic E-state index is 13.2. The van der Waals surface area contributed by atoms with Crippen molar-refractivity contribution in [1.29, 1.82) is 0 Å². The number of aliphatic hydroxyl groups excluding tert-OH is 1. The van der Waals surface area contributed by atoms with Crippen LogP contribution in [0.25, 0.3) is 5.76 Å². The van der Waals surface area contributed by atoms with Crippen molar-refractivity contribution in [3.8, 4) is 5.75 Å². The van der Waals surface area contributed by atoms with Gasteiger partial charge in [0.05, 0.1) is 18.2 Å². The molecular weight excluding hydrogens is 496 g/mol. The first-order valence-corrected chi connectivity index (χ1v) is 11.8. The Bertz CT molecular complexity index is 1220. The predicted octanol–water partition coefficient (Wildman–Crippen LogP) is 5.50. The number of benzene rings is 2. The molecule has 1 aliphatic rings. The average Bonchev–Trinajstić information content (AvgIpc) is 3.08. The van der Waals surface area contributed by atoms with Crippen molar-refractivity contribution in [3.05, 3.63) is 99.8 Å². The number of ketones is 1. The smallest absolute Gasteiger partial charge is 0.295 e. The predicted molar refractivity (Wildman–Crippen MR) is 133 cm³/mol. The molecule has 2 heterocycles. The van der Waals surface area contributed by atoms with Gasteiger partial charge in [-0.15, -0.1) is 0 Å². The molecule has 1 N–H and O–H groups in total. The lowest BCUT2D eigenvalue weighted by Crippen LogP contribution is -2.29. The molecular formula is C27H25BrN2O4. The van der Waals surface area contributed by atoms with Gasteiger partial charge in [0.2, 0.25) is 0 Å². The summed E-state index contributed by atoms with van der Waals surface area (Å²) in [5, 5.41) is 11.2. The standard InChI is InChI=1S/C27H25BrN2O4/c1-17(2)16-34-22-10-8-19(9-11-22)25(31)23-24(20-6-3-7-21(28)13-20)30(27(33)26(23)32)15-18-5-4-12-29-14-18/h3-14,17,24,31H,15-16H2,1-2H3/b25-23+. The fraction of sp³-hybridized carbons (Fsp3) is 0.222. The van der Waals surface area contributed by atoms with E-state index >= 15 is 0 Å². The maximum absolute atomic E-state index is 13.2. The van der Waals surface area contributed by atoms with Crippen molar-refractivity contribution in [2.45, 2.75) is 26.4 Å². The van der Waals surface area contributed by atoms with Crippen LogP contribution < -0.4 is 4.74 Å². The Kier molecular flexibility index (Phi) is 7.12. The number of likely N-dealkylation sites (tertiary alicyclic amines) is 1. The monoisotopic (exact) mass is 520 g/mol. The molecule has 1 amide bonds. The number of amides is 1. The van der Waals surface area contributed by atoms with Crippen molar-refractivity contribution in [3.63, 3.8) is 0 Å². The third kappa shape index (κ3) is 5.04. The zero-order chi connectivity index (χ0) is 24.2. The van der Waals surface area contributed by atoms with Gasteiger partial charge in [-0.1, -0.05) is 48.0 Å². The molecule has 0 aliphatic carbocycles. The summed E-state index contributed by atoms with van der Waals surface area (Å²) in [6.07, 6.45) is 3.31. The van der Waals surface area contributed by atoms with Crippen molar-refractivity contribution < 1.29 is 19.4 Å². The first-order chi connectivity index (χ1) is 16.3. The van der Waals surface area contributed by atoms with Crippen molar-refractivity contribution in [2.75, 3.05) is 6.61 Å². The van der Waals surface area contributed by atoms with Crippen LogP contribution in [0.1, 0.15) is 36.6 Å². The van der Waals surface area contributed by atoms with E-state index in [-0.39, 0.29) is 17.9 Å². The van der Waals surface area contributed by atoms with E-state index in [0.29, 0.717) is 23.8 Å². The molecule has 0 radical (unpaired) electrons. The molecule has 1 aliphatic heterocycles. The highest BCUT2D eigenvalue weighted by molar-refractivity contribution is 9.10. The Morgan fingerprint density at radius 3 is 2.53 bits per heavy atom. The molecule has 0 saturated carbocycles. The SMILES string of the molecule is CC(C)COc1ccc(/C(O)=C2\C(=O)C(=O)N(Cc3cccnc3)C2c2cccc(Br)c2)cc1. The summed E-state index contributed by atoms with van der Waals surface area (Å²) in [4.78, 5) is 31.9. The third-order valence-electron chi connectivity index (χ3n) is 5.49. The number of hydrogen-bond acceptors (Lipinski definition) is 5. The summed E-state index contributed by atoms with van der Waals surface area (Å²) >= 11 is 3.47. The number of ether oxygens (including phenoxy) is 1. The molecule has 3 aromatic rings. The van der Waals surface area contributed by atoms with Gasteiger partial charge in [0, 0.05) is 29.0 Å². The van der Waals surface area contributed by atoms with Crippen molar-refractivity contribution in [2.24, 2.45) is 5.92 Å². The van der Waals surface area contributed by atoms with Crippen LogP contribution in [0, 0.1) is 5.92 Å². The lowest BCUT2D eigenvalue weighted by atomic mass is 9.95. The highest BCUT2D eigenvalue weighted by Crippen LogP contribution is 2.41. The summed E-state index contributed by atoms with van der Waals surface area (Å²) < 4.78 is 6.52. The van der Waals surface area contributed by atoms with Gasteiger partial charge in [-0.3, -0.25) is 14.6 Å². The average molecular weight is 521 g/mol. The number of aromatic nitrogens is 1. The van der Waals surface area contributed by atoms with Crippen LogP contribution in [-0.4, -0.2) is 33.3 Å². The highest BCUT2D eigenvalue weighted by atomic mass is 79.9. The lowest BCUT2D eigenvalue weighted by molar-refractivity contribution is -0.140. The van der Waals surface area contributed by atoms with Crippen LogP contribution in [0.5, 0.6) is 5.75 Å². The number of pyridine rings is 1. The second-order valence-corrected chi connectivity index (χ2v) is 9.49. The van der Waals surface area contributed by atoms with E-state index in [2.05, 4.69) is 34.8 Å². The number of rotatable bonds is 7. The second kappa shape index (κ2) is 10.2. The van der Waals surface area contributed by atoms with Gasteiger partial charge in [-0.05, 0) is 59.5 Å². The zero-order valence-electron chi connectivity index (χ0n) is 18.9. The van der Waals surface area contributed by atoms with Gasteiger partial charge in [0.25, 0.3) is 11.7 Å². The molecule has 6 nitrogen and oxygen atoms in total. The molecule has 1 aromatic heterocycles. The number of hydrogen-bond donors (Lipinski definition) is 1. The van der Waals surface area contributed by atoms with E-state index in [9.17, 15) is 14.7 Å². The molecule has 1 unspecified atom stereocenters. The quantitative estimate of drug-likeness (QED) is 0.252. The first-order valence-electron chi connectivity index (χ1n) is 11.0. The van der Waals surface area contributed by atoms with E-state index in [1.54, 1.807) is 42.7 Å². The summed E-state index contributed by atoms with van der Waals surface area (Å²) in [7, 11) is 0.